The summed E-state index contributed by atoms with van der Waals surface area (Å²) in [5.41, 5.74) is 0. The van der Waals surface area contributed by atoms with Gasteiger partial charge in [0.2, 0.25) is 0 Å². The van der Waals surface area contributed by atoms with Gasteiger partial charge < -0.3 is 0 Å². The van der Waals surface area contributed by atoms with E-state index < -0.39 is 5.31 Å². The van der Waals surface area contributed by atoms with Gasteiger partial charge in [0.05, 0.1) is 0 Å². The molecule has 0 radical (unpaired) electrons. The molecule has 12 heavy (non-hydrogen) atoms. The molecule has 1 rings (SSSR count). The molecule has 1 aromatic carbocycles. The fourth-order valence-electron chi connectivity index (χ4n) is 0.978. The molecule has 0 aliphatic rings. The number of rotatable bonds is 2. The Morgan fingerprint density at radius 2 is 1.67 bits per heavy atom. The zero-order valence-electron chi connectivity index (χ0n) is 7.30. The van der Waals surface area contributed by atoms with E-state index in [0.717, 1.165) is 11.5 Å². The van der Waals surface area contributed by atoms with Crippen LogP contribution in [0.3, 0.4) is 0 Å². The van der Waals surface area contributed by atoms with Gasteiger partial charge in [-0.15, -0.1) is 0 Å². The van der Waals surface area contributed by atoms with Crippen LogP contribution < -0.4 is 5.30 Å². The van der Waals surface area contributed by atoms with E-state index in [4.69, 9.17) is 22.5 Å². The molecule has 0 fully saturated rings. The van der Waals surface area contributed by atoms with Crippen molar-refractivity contribution in [3.05, 3.63) is 30.3 Å². The monoisotopic (exact) mass is 222 g/mol. The molecular formula is C9H13Cl2P. The average molecular weight is 223 g/mol. The summed E-state index contributed by atoms with van der Waals surface area (Å²) in [5.74, 6) is 0. The van der Waals surface area contributed by atoms with Crippen molar-refractivity contribution in [2.24, 2.45) is 0 Å². The Bertz CT molecular complexity index is 261. The van der Waals surface area contributed by atoms with Crippen molar-refractivity contribution in [2.75, 3.05) is 12.8 Å². The van der Waals surface area contributed by atoms with Crippen LogP contribution in [0, 0.1) is 0 Å². The number of benzene rings is 1. The van der Waals surface area contributed by atoms with Crippen LogP contribution in [-0.4, -0.2) is 12.8 Å². The van der Waals surface area contributed by atoms with Gasteiger partial charge in [0, 0.05) is 0 Å². The quantitative estimate of drug-likeness (QED) is 0.668. The SMILES string of the molecule is CCP(C)(Cl)(Cl)c1ccccc1. The summed E-state index contributed by atoms with van der Waals surface area (Å²) in [4.78, 5) is 0. The first-order valence-electron chi connectivity index (χ1n) is 3.94. The van der Waals surface area contributed by atoms with E-state index in [0.29, 0.717) is 0 Å². The topological polar surface area (TPSA) is 0 Å². The van der Waals surface area contributed by atoms with E-state index in [1.807, 2.05) is 43.9 Å². The zero-order chi connectivity index (χ0) is 9.27. The molecule has 0 bridgehead atoms. The molecule has 0 saturated heterocycles. The van der Waals surface area contributed by atoms with E-state index in [2.05, 4.69) is 0 Å². The molecule has 0 aliphatic carbocycles. The summed E-state index contributed by atoms with van der Waals surface area (Å²) in [6.07, 6.45) is 0.818. The third-order valence-corrected chi connectivity index (χ3v) is 7.71. The molecule has 0 unspecified atom stereocenters. The summed E-state index contributed by atoms with van der Waals surface area (Å²) in [6, 6.07) is 9.92. The first kappa shape index (κ1) is 10.3. The molecule has 0 saturated carbocycles. The molecule has 0 nitrogen and oxygen atoms in total. The van der Waals surface area contributed by atoms with E-state index in [-0.39, 0.29) is 0 Å². The third-order valence-electron chi connectivity index (χ3n) is 2.11. The fourth-order valence-corrected chi connectivity index (χ4v) is 2.93. The molecule has 0 atom stereocenters. The molecule has 0 amide bonds. The van der Waals surface area contributed by atoms with Gasteiger partial charge in [0.15, 0.2) is 0 Å². The van der Waals surface area contributed by atoms with Crippen LogP contribution in [0.15, 0.2) is 30.3 Å². The summed E-state index contributed by atoms with van der Waals surface area (Å²) < 4.78 is 0. The third kappa shape index (κ3) is 2.13. The molecule has 0 heterocycles. The van der Waals surface area contributed by atoms with Crippen molar-refractivity contribution < 1.29 is 0 Å². The predicted molar refractivity (Wildman–Crippen MR) is 61.2 cm³/mol. The first-order chi connectivity index (χ1) is 5.44. The number of halogens is 2. The summed E-state index contributed by atoms with van der Waals surface area (Å²) in [5, 5.41) is -1.49. The Balaban J connectivity index is 3.14. The molecule has 0 N–H and O–H groups in total. The maximum atomic E-state index is 6.40. The standard InChI is InChI=1S/C9H13Cl2P/c1-3-12(2,10,11)9-7-5-4-6-8-9/h4-8H,3H2,1-2H3. The molecule has 0 aromatic heterocycles. The summed E-state index contributed by atoms with van der Waals surface area (Å²) in [6.45, 7) is 3.99. The summed E-state index contributed by atoms with van der Waals surface area (Å²) >= 11 is 12.8. The second-order valence-corrected chi connectivity index (χ2v) is 13.3. The van der Waals surface area contributed by atoms with E-state index in [9.17, 15) is 0 Å². The van der Waals surface area contributed by atoms with Gasteiger partial charge in [-0.1, -0.05) is 0 Å². The van der Waals surface area contributed by atoms with Gasteiger partial charge in [0.25, 0.3) is 0 Å². The molecule has 0 spiro atoms. The zero-order valence-corrected chi connectivity index (χ0v) is 9.70. The Labute approximate surface area is 83.4 Å². The minimum absolute atomic E-state index is 0.818. The van der Waals surface area contributed by atoms with Crippen LogP contribution in [0.4, 0.5) is 0 Å². The van der Waals surface area contributed by atoms with Gasteiger partial charge in [-0.2, -0.15) is 0 Å². The first-order valence-corrected chi connectivity index (χ1v) is 8.62. The Morgan fingerprint density at radius 3 is 2.08 bits per heavy atom. The predicted octanol–water partition coefficient (Wildman–Crippen LogP) is 3.82. The Morgan fingerprint density at radius 1 is 1.17 bits per heavy atom. The number of hydrogen-bond donors (Lipinski definition) is 0. The normalized spacial score (nSPS) is 15.2. The van der Waals surface area contributed by atoms with Crippen molar-refractivity contribution in [3.63, 3.8) is 0 Å². The molecule has 3 heteroatoms. The van der Waals surface area contributed by atoms with E-state index in [1.54, 1.807) is 0 Å². The van der Waals surface area contributed by atoms with Crippen LogP contribution in [0.1, 0.15) is 6.92 Å². The van der Waals surface area contributed by atoms with Crippen LogP contribution in [-0.2, 0) is 0 Å². The van der Waals surface area contributed by atoms with E-state index in [1.165, 1.54) is 0 Å². The number of hydrogen-bond acceptors (Lipinski definition) is 0. The maximum absolute atomic E-state index is 6.40. The van der Waals surface area contributed by atoms with Crippen molar-refractivity contribution >= 4 is 33.1 Å². The fraction of sp³-hybridized carbons (Fsp3) is 0.333. The summed E-state index contributed by atoms with van der Waals surface area (Å²) in [7, 11) is 0. The molecular weight excluding hydrogens is 210 g/mol. The average Bonchev–Trinajstić information content (AvgIpc) is 2.06. The van der Waals surface area contributed by atoms with Gasteiger partial charge >= 0.3 is 83.2 Å². The second kappa shape index (κ2) is 3.18. The van der Waals surface area contributed by atoms with E-state index >= 15 is 0 Å². The Hall–Kier alpha value is 0.230. The van der Waals surface area contributed by atoms with Gasteiger partial charge in [-0.25, -0.2) is 0 Å². The Kier molecular flexibility index (Phi) is 2.73. The van der Waals surface area contributed by atoms with Gasteiger partial charge in [-0.3, -0.25) is 0 Å². The van der Waals surface area contributed by atoms with Crippen molar-refractivity contribution in [3.8, 4) is 0 Å². The van der Waals surface area contributed by atoms with Gasteiger partial charge in [-0.05, 0) is 0 Å². The van der Waals surface area contributed by atoms with Crippen molar-refractivity contribution in [1.82, 2.24) is 0 Å². The molecule has 1 aromatic rings. The van der Waals surface area contributed by atoms with Crippen molar-refractivity contribution in [1.29, 1.82) is 0 Å². The van der Waals surface area contributed by atoms with Crippen LogP contribution >= 0.6 is 27.8 Å². The van der Waals surface area contributed by atoms with Crippen LogP contribution in [0.25, 0.3) is 0 Å². The minimum atomic E-state index is -2.57. The van der Waals surface area contributed by atoms with Crippen molar-refractivity contribution in [2.45, 2.75) is 6.92 Å². The van der Waals surface area contributed by atoms with Gasteiger partial charge in [0.1, 0.15) is 0 Å². The van der Waals surface area contributed by atoms with Crippen LogP contribution in [0.5, 0.6) is 0 Å². The molecule has 0 aliphatic heterocycles. The molecule has 68 valence electrons. The second-order valence-electron chi connectivity index (χ2n) is 3.16. The van der Waals surface area contributed by atoms with Crippen LogP contribution in [0.2, 0.25) is 0 Å².